The molecule has 4 heteroatoms. The fraction of sp³-hybridized carbons (Fsp3) is 0.938. The molecule has 20 heavy (non-hydrogen) atoms. The van der Waals surface area contributed by atoms with E-state index in [0.717, 1.165) is 44.9 Å². The predicted molar refractivity (Wildman–Crippen MR) is 76.3 cm³/mol. The third-order valence-electron chi connectivity index (χ3n) is 6.03. The summed E-state index contributed by atoms with van der Waals surface area (Å²) >= 11 is 0. The van der Waals surface area contributed by atoms with E-state index < -0.39 is 0 Å². The Balaban J connectivity index is 1.27. The van der Waals surface area contributed by atoms with Crippen molar-refractivity contribution in [3.63, 3.8) is 0 Å². The number of carbonyl (C=O) groups excluding carboxylic acids is 1. The Morgan fingerprint density at radius 3 is 2.35 bits per heavy atom. The van der Waals surface area contributed by atoms with Crippen molar-refractivity contribution < 1.29 is 9.53 Å². The molecule has 1 N–H and O–H groups in total. The SMILES string of the molecule is O=C(CCC1CCNCC1)N1CC2C3CCC(O3)C2C1. The van der Waals surface area contributed by atoms with Crippen molar-refractivity contribution in [3.8, 4) is 0 Å². The highest BCUT2D eigenvalue weighted by atomic mass is 16.5. The molecule has 4 unspecified atom stereocenters. The summed E-state index contributed by atoms with van der Waals surface area (Å²) in [6, 6.07) is 0. The zero-order valence-electron chi connectivity index (χ0n) is 12.2. The van der Waals surface area contributed by atoms with Crippen LogP contribution in [0.1, 0.15) is 38.5 Å². The predicted octanol–water partition coefficient (Wildman–Crippen LogP) is 1.40. The summed E-state index contributed by atoms with van der Waals surface area (Å²) in [6.45, 7) is 4.20. The number of hydrogen-bond donors (Lipinski definition) is 1. The molecule has 0 aromatic rings. The van der Waals surface area contributed by atoms with Gasteiger partial charge in [-0.15, -0.1) is 0 Å². The van der Waals surface area contributed by atoms with Gasteiger partial charge in [0.2, 0.25) is 5.91 Å². The van der Waals surface area contributed by atoms with Gasteiger partial charge < -0.3 is 15.0 Å². The number of nitrogens with one attached hydrogen (secondary N) is 1. The average Bonchev–Trinajstić information content (AvgIpc) is 3.17. The van der Waals surface area contributed by atoms with E-state index in [2.05, 4.69) is 10.2 Å². The molecule has 4 aliphatic rings. The lowest BCUT2D eigenvalue weighted by Crippen LogP contribution is -2.32. The summed E-state index contributed by atoms with van der Waals surface area (Å²) in [6.07, 6.45) is 7.73. The van der Waals surface area contributed by atoms with Gasteiger partial charge in [-0.25, -0.2) is 0 Å². The van der Waals surface area contributed by atoms with Gasteiger partial charge in [0.05, 0.1) is 12.2 Å². The molecule has 4 heterocycles. The van der Waals surface area contributed by atoms with Gasteiger partial charge in [-0.2, -0.15) is 0 Å². The first kappa shape index (κ1) is 13.1. The molecule has 4 aliphatic heterocycles. The smallest absolute Gasteiger partial charge is 0.222 e. The molecule has 0 spiro atoms. The molecule has 2 bridgehead atoms. The Bertz CT molecular complexity index is 363. The van der Waals surface area contributed by atoms with Crippen LogP contribution in [0.25, 0.3) is 0 Å². The molecule has 4 fully saturated rings. The van der Waals surface area contributed by atoms with Crippen LogP contribution in [0.4, 0.5) is 0 Å². The zero-order valence-corrected chi connectivity index (χ0v) is 12.2. The van der Waals surface area contributed by atoms with Gasteiger partial charge in [0.15, 0.2) is 0 Å². The summed E-state index contributed by atoms with van der Waals surface area (Å²) in [5, 5.41) is 3.39. The van der Waals surface area contributed by atoms with Crippen LogP contribution in [0.15, 0.2) is 0 Å². The molecule has 4 nitrogen and oxygen atoms in total. The Kier molecular flexibility index (Phi) is 3.47. The van der Waals surface area contributed by atoms with Crippen molar-refractivity contribution in [1.29, 1.82) is 0 Å². The number of nitrogens with zero attached hydrogens (tertiary/aromatic N) is 1. The van der Waals surface area contributed by atoms with Gasteiger partial charge in [0, 0.05) is 31.3 Å². The lowest BCUT2D eigenvalue weighted by Gasteiger charge is -2.24. The lowest BCUT2D eigenvalue weighted by molar-refractivity contribution is -0.131. The Hall–Kier alpha value is -0.610. The van der Waals surface area contributed by atoms with E-state index in [0.29, 0.717) is 30.0 Å². The van der Waals surface area contributed by atoms with Crippen LogP contribution < -0.4 is 5.32 Å². The third-order valence-corrected chi connectivity index (χ3v) is 6.03. The van der Waals surface area contributed by atoms with E-state index in [9.17, 15) is 4.79 Å². The minimum absolute atomic E-state index is 0.400. The third kappa shape index (κ3) is 2.27. The number of rotatable bonds is 3. The number of carbonyl (C=O) groups is 1. The maximum absolute atomic E-state index is 12.4. The van der Waals surface area contributed by atoms with Crippen LogP contribution in [0.2, 0.25) is 0 Å². The molecule has 0 saturated carbocycles. The monoisotopic (exact) mass is 278 g/mol. The van der Waals surface area contributed by atoms with Gasteiger partial charge in [0.1, 0.15) is 0 Å². The number of ether oxygens (including phenoxy) is 1. The standard InChI is InChI=1S/C16H26N2O2/c19-16(4-1-11-5-7-17-8-6-11)18-9-12-13(10-18)15-3-2-14(12)20-15/h11-15,17H,1-10H2. The van der Waals surface area contributed by atoms with Gasteiger partial charge in [-0.3, -0.25) is 4.79 Å². The van der Waals surface area contributed by atoms with Crippen LogP contribution in [0.3, 0.4) is 0 Å². The topological polar surface area (TPSA) is 41.6 Å². The quantitative estimate of drug-likeness (QED) is 0.848. The van der Waals surface area contributed by atoms with E-state index in [4.69, 9.17) is 4.74 Å². The largest absolute Gasteiger partial charge is 0.374 e. The molecular weight excluding hydrogens is 252 g/mol. The van der Waals surface area contributed by atoms with Gasteiger partial charge in [0.25, 0.3) is 0 Å². The number of likely N-dealkylation sites (tertiary alicyclic amines) is 1. The highest BCUT2D eigenvalue weighted by molar-refractivity contribution is 5.76. The number of amides is 1. The fourth-order valence-corrected chi connectivity index (χ4v) is 4.82. The van der Waals surface area contributed by atoms with Crippen molar-refractivity contribution in [2.75, 3.05) is 26.2 Å². The molecule has 4 rings (SSSR count). The average molecular weight is 278 g/mol. The van der Waals surface area contributed by atoms with Crippen molar-refractivity contribution in [2.24, 2.45) is 17.8 Å². The number of piperidine rings is 1. The second-order valence-electron chi connectivity index (χ2n) is 7.15. The van der Waals surface area contributed by atoms with Crippen LogP contribution >= 0.6 is 0 Å². The van der Waals surface area contributed by atoms with Crippen LogP contribution in [-0.4, -0.2) is 49.2 Å². The van der Waals surface area contributed by atoms with Gasteiger partial charge in [-0.05, 0) is 51.1 Å². The van der Waals surface area contributed by atoms with Crippen molar-refractivity contribution in [2.45, 2.75) is 50.7 Å². The molecule has 0 aliphatic carbocycles. The summed E-state index contributed by atoms with van der Waals surface area (Å²) in [7, 11) is 0. The summed E-state index contributed by atoms with van der Waals surface area (Å²) in [5.41, 5.74) is 0. The first-order valence-corrected chi connectivity index (χ1v) is 8.45. The normalized spacial score (nSPS) is 40.3. The van der Waals surface area contributed by atoms with E-state index in [1.165, 1.54) is 25.7 Å². The summed E-state index contributed by atoms with van der Waals surface area (Å²) in [4.78, 5) is 14.6. The lowest BCUT2D eigenvalue weighted by atomic mass is 9.82. The van der Waals surface area contributed by atoms with Crippen LogP contribution in [0, 0.1) is 17.8 Å². The highest BCUT2D eigenvalue weighted by Crippen LogP contribution is 2.47. The van der Waals surface area contributed by atoms with Crippen molar-refractivity contribution in [1.82, 2.24) is 10.2 Å². The minimum atomic E-state index is 0.400. The fourth-order valence-electron chi connectivity index (χ4n) is 4.82. The minimum Gasteiger partial charge on any atom is -0.374 e. The Labute approximate surface area is 121 Å². The summed E-state index contributed by atoms with van der Waals surface area (Å²) < 4.78 is 5.98. The van der Waals surface area contributed by atoms with Crippen molar-refractivity contribution in [3.05, 3.63) is 0 Å². The molecule has 0 radical (unpaired) electrons. The highest BCUT2D eigenvalue weighted by Gasteiger charge is 2.53. The number of fused-ring (bicyclic) bond motifs is 5. The first-order valence-electron chi connectivity index (χ1n) is 8.45. The second kappa shape index (κ2) is 5.30. The maximum atomic E-state index is 12.4. The maximum Gasteiger partial charge on any atom is 0.222 e. The molecule has 0 aromatic heterocycles. The van der Waals surface area contributed by atoms with E-state index in [1.807, 2.05) is 0 Å². The number of hydrogen-bond acceptors (Lipinski definition) is 3. The van der Waals surface area contributed by atoms with E-state index in [1.54, 1.807) is 0 Å². The summed E-state index contributed by atoms with van der Waals surface area (Å²) in [5.74, 6) is 2.47. The van der Waals surface area contributed by atoms with Crippen LogP contribution in [0.5, 0.6) is 0 Å². The molecule has 112 valence electrons. The first-order chi connectivity index (χ1) is 9.81. The second-order valence-corrected chi connectivity index (χ2v) is 7.15. The zero-order chi connectivity index (χ0) is 13.5. The molecule has 0 aromatic carbocycles. The Morgan fingerprint density at radius 1 is 1.05 bits per heavy atom. The molecule has 1 amide bonds. The molecular formula is C16H26N2O2. The van der Waals surface area contributed by atoms with E-state index in [-0.39, 0.29) is 0 Å². The molecule has 4 atom stereocenters. The van der Waals surface area contributed by atoms with Gasteiger partial charge >= 0.3 is 0 Å². The Morgan fingerprint density at radius 2 is 1.70 bits per heavy atom. The van der Waals surface area contributed by atoms with Gasteiger partial charge in [-0.1, -0.05) is 0 Å². The van der Waals surface area contributed by atoms with Crippen molar-refractivity contribution >= 4 is 5.91 Å². The molecule has 4 saturated heterocycles. The van der Waals surface area contributed by atoms with E-state index >= 15 is 0 Å². The van der Waals surface area contributed by atoms with Crippen LogP contribution in [-0.2, 0) is 9.53 Å².